The quantitative estimate of drug-likeness (QED) is 0.196. The number of guanidine groups is 1. The van der Waals surface area contributed by atoms with Crippen LogP contribution >= 0.6 is 24.0 Å². The third kappa shape index (κ3) is 8.53. The number of carbonyl (C=O) groups is 1. The average molecular weight is 460 g/mol. The molecule has 6 nitrogen and oxygen atoms in total. The summed E-state index contributed by atoms with van der Waals surface area (Å²) in [4.78, 5) is 16.0. The highest BCUT2D eigenvalue weighted by Crippen LogP contribution is 2.28. The molecule has 1 aromatic rings. The van der Waals surface area contributed by atoms with Gasteiger partial charge in [-0.25, -0.2) is 0 Å². The van der Waals surface area contributed by atoms with E-state index >= 15 is 0 Å². The molecule has 2 rings (SSSR count). The fourth-order valence-corrected chi connectivity index (χ4v) is 2.34. The highest BCUT2D eigenvalue weighted by molar-refractivity contribution is 14.0. The number of aliphatic imine (C=N–C) groups is 1. The van der Waals surface area contributed by atoms with E-state index in [-0.39, 0.29) is 35.8 Å². The highest BCUT2D eigenvalue weighted by atomic mass is 127. The molecule has 0 saturated heterocycles. The fourth-order valence-electron chi connectivity index (χ4n) is 2.34. The van der Waals surface area contributed by atoms with Gasteiger partial charge in [0.1, 0.15) is 0 Å². The number of aliphatic hydroxyl groups is 1. The van der Waals surface area contributed by atoms with Crippen molar-refractivity contribution in [3.05, 3.63) is 35.9 Å². The Kier molecular flexibility index (Phi) is 10.5. The molecular formula is C18H29IN4O2. The summed E-state index contributed by atoms with van der Waals surface area (Å²) < 4.78 is 0. The number of hydrogen-bond donors (Lipinski definition) is 4. The molecule has 0 heterocycles. The minimum absolute atomic E-state index is 0. The second kappa shape index (κ2) is 12.1. The number of nitrogens with one attached hydrogen (secondary N) is 3. The molecule has 1 atom stereocenters. The Morgan fingerprint density at radius 2 is 1.88 bits per heavy atom. The van der Waals surface area contributed by atoms with Gasteiger partial charge in [0.15, 0.2) is 5.96 Å². The average Bonchev–Trinajstić information content (AvgIpc) is 3.44. The van der Waals surface area contributed by atoms with Crippen LogP contribution in [-0.2, 0) is 4.79 Å². The van der Waals surface area contributed by atoms with Crippen LogP contribution < -0.4 is 16.0 Å². The second-order valence-electron chi connectivity index (χ2n) is 5.97. The number of nitrogens with zero attached hydrogens (tertiary/aromatic N) is 1. The van der Waals surface area contributed by atoms with Crippen molar-refractivity contribution in [3.63, 3.8) is 0 Å². The number of benzene rings is 1. The second-order valence-corrected chi connectivity index (χ2v) is 5.97. The van der Waals surface area contributed by atoms with E-state index in [0.717, 1.165) is 24.9 Å². The summed E-state index contributed by atoms with van der Waals surface area (Å²) in [5.41, 5.74) is 0.911. The molecule has 1 amide bonds. The van der Waals surface area contributed by atoms with Crippen LogP contribution in [0.25, 0.3) is 0 Å². The summed E-state index contributed by atoms with van der Waals surface area (Å²) >= 11 is 0. The Morgan fingerprint density at radius 3 is 2.52 bits per heavy atom. The standard InChI is InChI=1S/C18H28N4O2.HI/c1-2-19-18(22-13-12-20-17(24)15-8-9-15)21-11-10-16(23)14-6-4-3-5-7-14;/h3-7,15-16,23H,2,8-13H2,1H3,(H,20,24)(H2,19,21,22);1H. The summed E-state index contributed by atoms with van der Waals surface area (Å²) in [6.07, 6.45) is 2.11. The predicted molar refractivity (Wildman–Crippen MR) is 111 cm³/mol. The van der Waals surface area contributed by atoms with Crippen molar-refractivity contribution in [3.8, 4) is 0 Å². The summed E-state index contributed by atoms with van der Waals surface area (Å²) in [5, 5.41) is 19.4. The van der Waals surface area contributed by atoms with E-state index in [1.165, 1.54) is 0 Å². The van der Waals surface area contributed by atoms with E-state index in [1.54, 1.807) is 0 Å². The van der Waals surface area contributed by atoms with Crippen molar-refractivity contribution in [2.45, 2.75) is 32.3 Å². The fraction of sp³-hybridized carbons (Fsp3) is 0.556. The Bertz CT molecular complexity index is 535. The molecular weight excluding hydrogens is 431 g/mol. The molecule has 0 spiro atoms. The number of rotatable bonds is 9. The topological polar surface area (TPSA) is 85.8 Å². The van der Waals surface area contributed by atoms with Gasteiger partial charge < -0.3 is 21.1 Å². The van der Waals surface area contributed by atoms with Gasteiger partial charge in [0, 0.05) is 32.1 Å². The van der Waals surface area contributed by atoms with Crippen LogP contribution in [-0.4, -0.2) is 43.2 Å². The van der Waals surface area contributed by atoms with Gasteiger partial charge in [0.25, 0.3) is 0 Å². The number of aliphatic hydroxyl groups excluding tert-OH is 1. The summed E-state index contributed by atoms with van der Waals surface area (Å²) in [6, 6.07) is 9.61. The molecule has 25 heavy (non-hydrogen) atoms. The number of hydrogen-bond acceptors (Lipinski definition) is 3. The van der Waals surface area contributed by atoms with Gasteiger partial charge in [0.2, 0.25) is 5.91 Å². The molecule has 1 aliphatic carbocycles. The molecule has 0 aliphatic heterocycles. The van der Waals surface area contributed by atoms with Crippen LogP contribution in [0, 0.1) is 5.92 Å². The summed E-state index contributed by atoms with van der Waals surface area (Å²) in [5.74, 6) is 1.11. The molecule has 1 fully saturated rings. The van der Waals surface area contributed by atoms with Crippen LogP contribution in [0.5, 0.6) is 0 Å². The van der Waals surface area contributed by atoms with Gasteiger partial charge in [0.05, 0.1) is 6.10 Å². The zero-order valence-corrected chi connectivity index (χ0v) is 17.0. The van der Waals surface area contributed by atoms with E-state index in [4.69, 9.17) is 0 Å². The van der Waals surface area contributed by atoms with Crippen LogP contribution in [0.4, 0.5) is 0 Å². The lowest BCUT2D eigenvalue weighted by atomic mass is 10.1. The van der Waals surface area contributed by atoms with E-state index in [2.05, 4.69) is 20.9 Å². The van der Waals surface area contributed by atoms with Gasteiger partial charge >= 0.3 is 0 Å². The molecule has 140 valence electrons. The van der Waals surface area contributed by atoms with E-state index in [9.17, 15) is 9.90 Å². The van der Waals surface area contributed by atoms with Crippen LogP contribution in [0.15, 0.2) is 35.3 Å². The minimum atomic E-state index is -0.504. The molecule has 0 radical (unpaired) electrons. The maximum atomic E-state index is 11.5. The van der Waals surface area contributed by atoms with Gasteiger partial charge in [-0.15, -0.1) is 24.0 Å². The molecule has 1 aliphatic rings. The normalized spacial score (nSPS) is 15.0. The van der Waals surface area contributed by atoms with Crippen molar-refractivity contribution in [1.29, 1.82) is 0 Å². The molecule has 1 aromatic carbocycles. The first-order valence-corrected chi connectivity index (χ1v) is 8.73. The summed E-state index contributed by atoms with van der Waals surface area (Å²) in [7, 11) is 0. The lowest BCUT2D eigenvalue weighted by Crippen LogP contribution is -2.41. The molecule has 1 saturated carbocycles. The molecule has 7 heteroatoms. The van der Waals surface area contributed by atoms with Crippen molar-refractivity contribution >= 4 is 35.8 Å². The first kappa shape index (κ1) is 21.7. The first-order valence-electron chi connectivity index (χ1n) is 8.73. The zero-order valence-electron chi connectivity index (χ0n) is 14.7. The predicted octanol–water partition coefficient (Wildman–Crippen LogP) is 1.81. The van der Waals surface area contributed by atoms with Crippen LogP contribution in [0.2, 0.25) is 0 Å². The summed E-state index contributed by atoms with van der Waals surface area (Å²) in [6.45, 7) is 4.52. The smallest absolute Gasteiger partial charge is 0.223 e. The number of halogens is 1. The van der Waals surface area contributed by atoms with Gasteiger partial charge in [-0.1, -0.05) is 30.3 Å². The zero-order chi connectivity index (χ0) is 17.2. The lowest BCUT2D eigenvalue weighted by Gasteiger charge is -2.13. The van der Waals surface area contributed by atoms with Gasteiger partial charge in [-0.05, 0) is 31.7 Å². The molecule has 0 bridgehead atoms. The van der Waals surface area contributed by atoms with Crippen LogP contribution in [0.3, 0.4) is 0 Å². The highest BCUT2D eigenvalue weighted by Gasteiger charge is 2.28. The largest absolute Gasteiger partial charge is 0.388 e. The monoisotopic (exact) mass is 460 g/mol. The Morgan fingerprint density at radius 1 is 1.20 bits per heavy atom. The van der Waals surface area contributed by atoms with Crippen molar-refractivity contribution < 1.29 is 9.90 Å². The Balaban J connectivity index is 0.00000312. The SMILES string of the molecule is CCNC(=NCCC(O)c1ccccc1)NCCNC(=O)C1CC1.I. The van der Waals surface area contributed by atoms with Gasteiger partial charge in [-0.3, -0.25) is 9.79 Å². The molecule has 4 N–H and O–H groups in total. The third-order valence-corrected chi connectivity index (χ3v) is 3.87. The maximum absolute atomic E-state index is 11.5. The van der Waals surface area contributed by atoms with Crippen LogP contribution in [0.1, 0.15) is 37.9 Å². The third-order valence-electron chi connectivity index (χ3n) is 3.87. The van der Waals surface area contributed by atoms with E-state index in [0.29, 0.717) is 32.0 Å². The van der Waals surface area contributed by atoms with Crippen molar-refractivity contribution in [2.75, 3.05) is 26.2 Å². The molecule has 1 unspecified atom stereocenters. The number of carbonyl (C=O) groups excluding carboxylic acids is 1. The minimum Gasteiger partial charge on any atom is -0.388 e. The first-order chi connectivity index (χ1) is 11.7. The molecule has 0 aromatic heterocycles. The van der Waals surface area contributed by atoms with E-state index in [1.807, 2.05) is 37.3 Å². The number of amides is 1. The van der Waals surface area contributed by atoms with Crippen molar-refractivity contribution in [2.24, 2.45) is 10.9 Å². The van der Waals surface area contributed by atoms with E-state index < -0.39 is 6.10 Å². The lowest BCUT2D eigenvalue weighted by molar-refractivity contribution is -0.122. The van der Waals surface area contributed by atoms with Crippen molar-refractivity contribution in [1.82, 2.24) is 16.0 Å². The van der Waals surface area contributed by atoms with Gasteiger partial charge in [-0.2, -0.15) is 0 Å². The Labute approximate surface area is 166 Å². The maximum Gasteiger partial charge on any atom is 0.223 e. The Hall–Kier alpha value is -1.35.